The minimum atomic E-state index is 1.26. The molecule has 1 heteroatoms. The predicted molar refractivity (Wildman–Crippen MR) is 55.9 cm³/mol. The zero-order valence-electron chi connectivity index (χ0n) is 8.04. The first kappa shape index (κ1) is 10.8. The Hall–Kier alpha value is -1.24. The molecular formula is C11H17N. The Morgan fingerprint density at radius 3 is 2.50 bits per heavy atom. The van der Waals surface area contributed by atoms with E-state index in [0.29, 0.717) is 0 Å². The molecule has 0 rings (SSSR count). The van der Waals surface area contributed by atoms with Gasteiger partial charge in [-0.1, -0.05) is 36.0 Å². The molecule has 66 valence electrons. The van der Waals surface area contributed by atoms with E-state index in [4.69, 9.17) is 0 Å². The van der Waals surface area contributed by atoms with Crippen LogP contribution in [-0.4, -0.2) is 7.05 Å². The van der Waals surface area contributed by atoms with E-state index in [0.717, 1.165) is 0 Å². The number of hydrogen-bond acceptors (Lipinski definition) is 1. The summed E-state index contributed by atoms with van der Waals surface area (Å²) in [5.74, 6) is 0. The molecular weight excluding hydrogens is 146 g/mol. The third-order valence-electron chi connectivity index (χ3n) is 1.27. The first-order chi connectivity index (χ1) is 5.81. The van der Waals surface area contributed by atoms with Gasteiger partial charge in [0.15, 0.2) is 0 Å². The first-order valence-corrected chi connectivity index (χ1v) is 4.11. The molecule has 0 fully saturated rings. The average molecular weight is 163 g/mol. The smallest absolute Gasteiger partial charge is 0.00277 e. The molecule has 0 atom stereocenters. The lowest BCUT2D eigenvalue weighted by molar-refractivity contribution is 1.10. The second kappa shape index (κ2) is 7.86. The Labute approximate surface area is 75.2 Å². The van der Waals surface area contributed by atoms with Crippen molar-refractivity contribution in [3.63, 3.8) is 0 Å². The lowest BCUT2D eigenvalue weighted by Crippen LogP contribution is -1.89. The maximum Gasteiger partial charge on any atom is 0.00277 e. The van der Waals surface area contributed by atoms with Crippen molar-refractivity contribution in [2.75, 3.05) is 7.05 Å². The van der Waals surface area contributed by atoms with Crippen molar-refractivity contribution in [3.8, 4) is 0 Å². The van der Waals surface area contributed by atoms with E-state index in [1.807, 2.05) is 44.5 Å². The first-order valence-electron chi connectivity index (χ1n) is 4.11. The van der Waals surface area contributed by atoms with E-state index < -0.39 is 0 Å². The summed E-state index contributed by atoms with van der Waals surface area (Å²) in [5, 5.41) is 2.91. The number of hydrogen-bond donors (Lipinski definition) is 1. The maximum atomic E-state index is 2.91. The summed E-state index contributed by atoms with van der Waals surface area (Å²) < 4.78 is 0. The summed E-state index contributed by atoms with van der Waals surface area (Å²) in [6, 6.07) is 0. The van der Waals surface area contributed by atoms with Crippen LogP contribution in [0.4, 0.5) is 0 Å². The quantitative estimate of drug-likeness (QED) is 0.628. The summed E-state index contributed by atoms with van der Waals surface area (Å²) in [7, 11) is 1.88. The van der Waals surface area contributed by atoms with Crippen molar-refractivity contribution < 1.29 is 0 Å². The summed E-state index contributed by atoms with van der Waals surface area (Å²) in [5.41, 5.74) is 1.26. The molecule has 0 aromatic heterocycles. The predicted octanol–water partition coefficient (Wildman–Crippen LogP) is 2.80. The number of rotatable bonds is 4. The van der Waals surface area contributed by atoms with Gasteiger partial charge in [0.25, 0.3) is 0 Å². The molecule has 12 heavy (non-hydrogen) atoms. The summed E-state index contributed by atoms with van der Waals surface area (Å²) >= 11 is 0. The van der Waals surface area contributed by atoms with Gasteiger partial charge in [0.2, 0.25) is 0 Å². The van der Waals surface area contributed by atoms with E-state index in [1.54, 1.807) is 0 Å². The topological polar surface area (TPSA) is 12.0 Å². The van der Waals surface area contributed by atoms with E-state index in [-0.39, 0.29) is 0 Å². The van der Waals surface area contributed by atoms with Gasteiger partial charge >= 0.3 is 0 Å². The second-order valence-electron chi connectivity index (χ2n) is 2.44. The van der Waals surface area contributed by atoms with Crippen molar-refractivity contribution in [1.82, 2.24) is 5.32 Å². The molecule has 0 unspecified atom stereocenters. The van der Waals surface area contributed by atoms with Crippen LogP contribution < -0.4 is 5.32 Å². The Balaban J connectivity index is 3.86. The molecule has 0 heterocycles. The summed E-state index contributed by atoms with van der Waals surface area (Å²) in [6.07, 6.45) is 14.0. The molecule has 0 saturated heterocycles. The fourth-order valence-electron chi connectivity index (χ4n) is 0.742. The van der Waals surface area contributed by atoms with Gasteiger partial charge in [0, 0.05) is 7.05 Å². The Morgan fingerprint density at radius 2 is 1.92 bits per heavy atom. The van der Waals surface area contributed by atoms with Crippen LogP contribution in [0.3, 0.4) is 0 Å². The fraction of sp³-hybridized carbons (Fsp3) is 0.273. The highest BCUT2D eigenvalue weighted by Crippen LogP contribution is 1.94. The van der Waals surface area contributed by atoms with E-state index in [1.165, 1.54) is 5.57 Å². The standard InChI is InChI=1S/C11H17N/c1-4-8-11(2)9-6-5-7-10-12-3/h4-10,12H,1-3H3/b6-5+,8-4+,10-7+,11-9+. The van der Waals surface area contributed by atoms with Crippen LogP contribution in [0.2, 0.25) is 0 Å². The van der Waals surface area contributed by atoms with Gasteiger partial charge in [0.1, 0.15) is 0 Å². The highest BCUT2D eigenvalue weighted by Gasteiger charge is 1.73. The molecule has 0 aliphatic carbocycles. The van der Waals surface area contributed by atoms with Crippen molar-refractivity contribution in [1.29, 1.82) is 0 Å². The van der Waals surface area contributed by atoms with E-state index >= 15 is 0 Å². The van der Waals surface area contributed by atoms with Gasteiger partial charge in [-0.3, -0.25) is 0 Å². The molecule has 0 saturated carbocycles. The third-order valence-corrected chi connectivity index (χ3v) is 1.27. The largest absolute Gasteiger partial charge is 0.394 e. The SMILES string of the molecule is C/C=C/C(C)=C/C=C/C=C/NC. The Kier molecular flexibility index (Phi) is 7.05. The van der Waals surface area contributed by atoms with Crippen LogP contribution in [-0.2, 0) is 0 Å². The van der Waals surface area contributed by atoms with Crippen molar-refractivity contribution in [2.45, 2.75) is 13.8 Å². The molecule has 0 aromatic carbocycles. The molecule has 0 amide bonds. The van der Waals surface area contributed by atoms with Crippen LogP contribution in [0.5, 0.6) is 0 Å². The van der Waals surface area contributed by atoms with Crippen molar-refractivity contribution in [2.24, 2.45) is 0 Å². The van der Waals surface area contributed by atoms with Crippen LogP contribution in [0, 0.1) is 0 Å². The van der Waals surface area contributed by atoms with E-state index in [9.17, 15) is 0 Å². The van der Waals surface area contributed by atoms with Gasteiger partial charge in [-0.15, -0.1) is 0 Å². The molecule has 0 aliphatic rings. The lowest BCUT2D eigenvalue weighted by Gasteiger charge is -1.85. The van der Waals surface area contributed by atoms with Gasteiger partial charge in [0.05, 0.1) is 0 Å². The third kappa shape index (κ3) is 6.87. The highest BCUT2D eigenvalue weighted by atomic mass is 14.8. The van der Waals surface area contributed by atoms with Crippen molar-refractivity contribution in [3.05, 3.63) is 48.2 Å². The zero-order valence-corrected chi connectivity index (χ0v) is 8.04. The van der Waals surface area contributed by atoms with Crippen LogP contribution in [0.25, 0.3) is 0 Å². The molecule has 0 radical (unpaired) electrons. The monoisotopic (exact) mass is 163 g/mol. The number of allylic oxidation sites excluding steroid dienone is 7. The summed E-state index contributed by atoms with van der Waals surface area (Å²) in [4.78, 5) is 0. The Bertz CT molecular complexity index is 207. The van der Waals surface area contributed by atoms with Gasteiger partial charge in [-0.05, 0) is 26.1 Å². The minimum absolute atomic E-state index is 1.26. The number of nitrogens with one attached hydrogen (secondary N) is 1. The minimum Gasteiger partial charge on any atom is -0.394 e. The fourth-order valence-corrected chi connectivity index (χ4v) is 0.742. The second-order valence-corrected chi connectivity index (χ2v) is 2.44. The van der Waals surface area contributed by atoms with Gasteiger partial charge < -0.3 is 5.32 Å². The molecule has 0 bridgehead atoms. The van der Waals surface area contributed by atoms with Crippen LogP contribution in [0.1, 0.15) is 13.8 Å². The summed E-state index contributed by atoms with van der Waals surface area (Å²) in [6.45, 7) is 4.09. The molecule has 1 nitrogen and oxygen atoms in total. The highest BCUT2D eigenvalue weighted by molar-refractivity contribution is 5.22. The van der Waals surface area contributed by atoms with Crippen molar-refractivity contribution >= 4 is 0 Å². The Morgan fingerprint density at radius 1 is 1.17 bits per heavy atom. The van der Waals surface area contributed by atoms with E-state index in [2.05, 4.69) is 24.4 Å². The molecule has 1 N–H and O–H groups in total. The maximum absolute atomic E-state index is 2.91. The van der Waals surface area contributed by atoms with Gasteiger partial charge in [-0.25, -0.2) is 0 Å². The zero-order chi connectivity index (χ0) is 9.23. The molecule has 0 spiro atoms. The van der Waals surface area contributed by atoms with Crippen LogP contribution >= 0.6 is 0 Å². The molecule has 0 aromatic rings. The normalized spacial score (nSPS) is 13.8. The lowest BCUT2D eigenvalue weighted by atomic mass is 10.2. The average Bonchev–Trinajstić information content (AvgIpc) is 2.05. The molecule has 0 aliphatic heterocycles. The van der Waals surface area contributed by atoms with Gasteiger partial charge in [-0.2, -0.15) is 0 Å². The van der Waals surface area contributed by atoms with Crippen LogP contribution in [0.15, 0.2) is 48.2 Å².